The Bertz CT molecular complexity index is 59.9. The van der Waals surface area contributed by atoms with E-state index >= 15 is 0 Å². The zero-order chi connectivity index (χ0) is 7.28. The maximum atomic E-state index is 5.71. The van der Waals surface area contributed by atoms with Gasteiger partial charge in [0.2, 0.25) is 0 Å². The van der Waals surface area contributed by atoms with Crippen LogP contribution in [0.25, 0.3) is 0 Å². The molecule has 0 aliphatic heterocycles. The van der Waals surface area contributed by atoms with E-state index in [2.05, 4.69) is 13.8 Å². The normalized spacial score (nSPS) is 14.3. The minimum Gasteiger partial charge on any atom is -0.329 e. The molecule has 0 rings (SSSR count). The number of rotatable bonds is 4. The summed E-state index contributed by atoms with van der Waals surface area (Å²) in [4.78, 5) is 0. The van der Waals surface area contributed by atoms with E-state index in [-0.39, 0.29) is 6.04 Å². The molecule has 0 radical (unpaired) electrons. The van der Waals surface area contributed by atoms with Gasteiger partial charge in [0.25, 0.3) is 0 Å². The summed E-state index contributed by atoms with van der Waals surface area (Å²) in [5, 5.41) is 0. The average Bonchev–Trinajstić information content (AvgIpc) is 1.90. The zero-order valence-electron chi connectivity index (χ0n) is 6.43. The van der Waals surface area contributed by atoms with Crippen molar-refractivity contribution in [3.8, 4) is 0 Å². The van der Waals surface area contributed by atoms with Gasteiger partial charge in [-0.05, 0) is 5.92 Å². The minimum absolute atomic E-state index is 0.208. The molecule has 0 saturated heterocycles. The zero-order valence-corrected chi connectivity index (χ0v) is 6.43. The summed E-state index contributed by atoms with van der Waals surface area (Å²) in [7, 11) is 0. The van der Waals surface area contributed by atoms with Crippen molar-refractivity contribution in [2.45, 2.75) is 32.7 Å². The molecule has 1 atom stereocenters. The van der Waals surface area contributed by atoms with Gasteiger partial charge in [0.1, 0.15) is 0 Å². The lowest BCUT2D eigenvalue weighted by Crippen LogP contribution is -2.36. The molecule has 0 aliphatic rings. The number of nitrogens with two attached hydrogens (primary N) is 2. The van der Waals surface area contributed by atoms with Crippen molar-refractivity contribution in [3.05, 3.63) is 0 Å². The third-order valence-electron chi connectivity index (χ3n) is 1.93. The number of hydrogen-bond donors (Lipinski definition) is 2. The smallest absolute Gasteiger partial charge is 0.0191 e. The van der Waals surface area contributed by atoms with Crippen molar-refractivity contribution in [1.29, 1.82) is 0 Å². The molecule has 0 saturated carbocycles. The largest absolute Gasteiger partial charge is 0.329 e. The SMILES string of the molecule is CCC(CC)C(N)CN. The van der Waals surface area contributed by atoms with Gasteiger partial charge >= 0.3 is 0 Å². The second-order valence-corrected chi connectivity index (χ2v) is 2.48. The predicted molar refractivity (Wildman–Crippen MR) is 41.1 cm³/mol. The van der Waals surface area contributed by atoms with Crippen LogP contribution in [0.4, 0.5) is 0 Å². The highest BCUT2D eigenvalue weighted by Gasteiger charge is 2.10. The Morgan fingerprint density at radius 1 is 1.22 bits per heavy atom. The third-order valence-corrected chi connectivity index (χ3v) is 1.93. The molecular formula is C7H18N2. The molecule has 1 unspecified atom stereocenters. The van der Waals surface area contributed by atoms with Crippen LogP contribution in [0, 0.1) is 5.92 Å². The molecule has 0 aliphatic carbocycles. The first kappa shape index (κ1) is 8.92. The molecule has 9 heavy (non-hydrogen) atoms. The fourth-order valence-corrected chi connectivity index (χ4v) is 1.09. The van der Waals surface area contributed by atoms with Gasteiger partial charge in [-0.15, -0.1) is 0 Å². The van der Waals surface area contributed by atoms with E-state index in [4.69, 9.17) is 11.5 Å². The summed E-state index contributed by atoms with van der Waals surface area (Å²) >= 11 is 0. The highest BCUT2D eigenvalue weighted by Crippen LogP contribution is 2.09. The van der Waals surface area contributed by atoms with Gasteiger partial charge < -0.3 is 11.5 Å². The third kappa shape index (κ3) is 2.82. The molecule has 0 amide bonds. The fourth-order valence-electron chi connectivity index (χ4n) is 1.09. The van der Waals surface area contributed by atoms with E-state index < -0.39 is 0 Å². The Hall–Kier alpha value is -0.0800. The van der Waals surface area contributed by atoms with E-state index in [0.717, 1.165) is 12.8 Å². The average molecular weight is 130 g/mol. The summed E-state index contributed by atoms with van der Waals surface area (Å²) in [5.74, 6) is 0.620. The molecule has 0 aromatic heterocycles. The van der Waals surface area contributed by atoms with Crippen LogP contribution in [-0.2, 0) is 0 Å². The first-order valence-corrected chi connectivity index (χ1v) is 3.71. The molecular weight excluding hydrogens is 112 g/mol. The van der Waals surface area contributed by atoms with Crippen LogP contribution in [0.3, 0.4) is 0 Å². The second kappa shape index (κ2) is 4.77. The predicted octanol–water partition coefficient (Wildman–Crippen LogP) is 0.709. The van der Waals surface area contributed by atoms with Crippen LogP contribution in [0.5, 0.6) is 0 Å². The first-order chi connectivity index (χ1) is 4.26. The monoisotopic (exact) mass is 130 g/mol. The van der Waals surface area contributed by atoms with Gasteiger partial charge in [-0.1, -0.05) is 26.7 Å². The van der Waals surface area contributed by atoms with Gasteiger partial charge in [-0.3, -0.25) is 0 Å². The van der Waals surface area contributed by atoms with E-state index in [1.807, 2.05) is 0 Å². The molecule has 2 heteroatoms. The molecule has 0 bridgehead atoms. The van der Waals surface area contributed by atoms with Crippen molar-refractivity contribution in [1.82, 2.24) is 0 Å². The van der Waals surface area contributed by atoms with Gasteiger partial charge in [0.15, 0.2) is 0 Å². The quantitative estimate of drug-likeness (QED) is 0.589. The van der Waals surface area contributed by atoms with Gasteiger partial charge in [0, 0.05) is 12.6 Å². The molecule has 4 N–H and O–H groups in total. The molecule has 0 heterocycles. The van der Waals surface area contributed by atoms with E-state index in [1.54, 1.807) is 0 Å². The van der Waals surface area contributed by atoms with Crippen LogP contribution in [-0.4, -0.2) is 12.6 Å². The topological polar surface area (TPSA) is 52.0 Å². The van der Waals surface area contributed by atoms with Crippen molar-refractivity contribution >= 4 is 0 Å². The summed E-state index contributed by atoms with van der Waals surface area (Å²) < 4.78 is 0. The molecule has 0 spiro atoms. The van der Waals surface area contributed by atoms with Gasteiger partial charge in [-0.2, -0.15) is 0 Å². The standard InChI is InChI=1S/C7H18N2/c1-3-6(4-2)7(9)5-8/h6-7H,3-5,8-9H2,1-2H3. The summed E-state index contributed by atoms with van der Waals surface area (Å²) in [6.07, 6.45) is 2.30. The van der Waals surface area contributed by atoms with Crippen molar-refractivity contribution in [3.63, 3.8) is 0 Å². The van der Waals surface area contributed by atoms with E-state index in [0.29, 0.717) is 12.5 Å². The Kier molecular flexibility index (Phi) is 4.72. The lowest BCUT2D eigenvalue weighted by Gasteiger charge is -2.18. The van der Waals surface area contributed by atoms with Crippen molar-refractivity contribution < 1.29 is 0 Å². The fraction of sp³-hybridized carbons (Fsp3) is 1.00. The Labute approximate surface area is 57.6 Å². The molecule has 0 aromatic rings. The maximum Gasteiger partial charge on any atom is 0.0191 e. The number of hydrogen-bond acceptors (Lipinski definition) is 2. The highest BCUT2D eigenvalue weighted by molar-refractivity contribution is 4.70. The summed E-state index contributed by atoms with van der Waals surface area (Å²) in [5.41, 5.74) is 11.1. The van der Waals surface area contributed by atoms with Crippen molar-refractivity contribution in [2.75, 3.05) is 6.54 Å². The minimum atomic E-state index is 0.208. The Morgan fingerprint density at radius 3 is 1.78 bits per heavy atom. The van der Waals surface area contributed by atoms with Crippen LogP contribution >= 0.6 is 0 Å². The van der Waals surface area contributed by atoms with Crippen LogP contribution in [0.2, 0.25) is 0 Å². The van der Waals surface area contributed by atoms with Crippen molar-refractivity contribution in [2.24, 2.45) is 17.4 Å². The van der Waals surface area contributed by atoms with E-state index in [1.165, 1.54) is 0 Å². The first-order valence-electron chi connectivity index (χ1n) is 3.71. The van der Waals surface area contributed by atoms with E-state index in [9.17, 15) is 0 Å². The summed E-state index contributed by atoms with van der Waals surface area (Å²) in [6, 6.07) is 0.208. The maximum absolute atomic E-state index is 5.71. The molecule has 2 nitrogen and oxygen atoms in total. The second-order valence-electron chi connectivity index (χ2n) is 2.48. The van der Waals surface area contributed by atoms with Crippen LogP contribution in [0.1, 0.15) is 26.7 Å². The molecule has 0 aromatic carbocycles. The highest BCUT2D eigenvalue weighted by atomic mass is 14.7. The Balaban J connectivity index is 3.50. The molecule has 0 fully saturated rings. The lowest BCUT2D eigenvalue weighted by molar-refractivity contribution is 0.401. The van der Waals surface area contributed by atoms with Crippen LogP contribution < -0.4 is 11.5 Å². The van der Waals surface area contributed by atoms with Gasteiger partial charge in [0.05, 0.1) is 0 Å². The Morgan fingerprint density at radius 2 is 1.67 bits per heavy atom. The van der Waals surface area contributed by atoms with Gasteiger partial charge in [-0.25, -0.2) is 0 Å². The lowest BCUT2D eigenvalue weighted by atomic mass is 9.95. The molecule has 56 valence electrons. The summed E-state index contributed by atoms with van der Waals surface area (Å²) in [6.45, 7) is 4.93. The van der Waals surface area contributed by atoms with Crippen LogP contribution in [0.15, 0.2) is 0 Å².